The monoisotopic (exact) mass is 268 g/mol. The van der Waals surface area contributed by atoms with Crippen LogP contribution in [0.3, 0.4) is 0 Å². The molecule has 0 aromatic carbocycles. The molecular weight excluding hydrogens is 251 g/mol. The summed E-state index contributed by atoms with van der Waals surface area (Å²) in [6, 6.07) is 1.82. The molecule has 11 heavy (non-hydrogen) atoms. The van der Waals surface area contributed by atoms with Gasteiger partial charge in [0.1, 0.15) is 0 Å². The molecule has 2 aliphatic rings. The van der Waals surface area contributed by atoms with Crippen molar-refractivity contribution in [3.63, 3.8) is 0 Å². The van der Waals surface area contributed by atoms with Crippen molar-refractivity contribution >= 4 is 20.1 Å². The zero-order valence-electron chi connectivity index (χ0n) is 7.31. The van der Waals surface area contributed by atoms with Gasteiger partial charge in [0.25, 0.3) is 0 Å². The van der Waals surface area contributed by atoms with Gasteiger partial charge in [-0.3, -0.25) is 0 Å². The fourth-order valence-corrected chi connectivity index (χ4v) is 8.92. The number of rotatable bonds is 1. The molecule has 2 atom stereocenters. The molecule has 0 aliphatic carbocycles. The van der Waals surface area contributed by atoms with E-state index in [1.807, 2.05) is 0 Å². The van der Waals surface area contributed by atoms with E-state index in [0.29, 0.717) is 0 Å². The van der Waals surface area contributed by atoms with Gasteiger partial charge in [0.05, 0.1) is 0 Å². The first-order valence-corrected chi connectivity index (χ1v) is 8.35. The minimum atomic E-state index is -0.598. The van der Waals surface area contributed by atoms with Crippen LogP contribution in [0.2, 0.25) is 0 Å². The second-order valence-corrected chi connectivity index (χ2v) is 9.38. The predicted octanol–water partition coefficient (Wildman–Crippen LogP) is 1.10. The zero-order chi connectivity index (χ0) is 7.84. The van der Waals surface area contributed by atoms with Crippen LogP contribution in [-0.4, -0.2) is 38.1 Å². The molecule has 0 amide bonds. The Morgan fingerprint density at radius 3 is 3.00 bits per heavy atom. The van der Waals surface area contributed by atoms with Crippen molar-refractivity contribution in [1.29, 1.82) is 0 Å². The van der Waals surface area contributed by atoms with Crippen molar-refractivity contribution < 1.29 is 0 Å². The second kappa shape index (κ2) is 3.18. The first kappa shape index (κ1) is 8.26. The molecule has 2 nitrogen and oxygen atoms in total. The third kappa shape index (κ3) is 1.42. The average Bonchev–Trinajstić information content (AvgIpc) is 2.26. The van der Waals surface area contributed by atoms with Crippen LogP contribution in [0.4, 0.5) is 0 Å². The summed E-state index contributed by atoms with van der Waals surface area (Å²) in [4.78, 5) is 0. The summed E-state index contributed by atoms with van der Waals surface area (Å²) in [5.74, 6) is 0. The summed E-state index contributed by atoms with van der Waals surface area (Å²) >= 11 is -0.598. The van der Waals surface area contributed by atoms with Gasteiger partial charge in [0, 0.05) is 0 Å². The van der Waals surface area contributed by atoms with Gasteiger partial charge in [0.15, 0.2) is 0 Å². The van der Waals surface area contributed by atoms with E-state index in [4.69, 9.17) is 0 Å². The molecule has 3 heteroatoms. The maximum atomic E-state index is 3.44. The Kier molecular flexibility index (Phi) is 2.39. The Hall–Kier alpha value is 0.650. The molecule has 66 valence electrons. The normalized spacial score (nSPS) is 41.5. The van der Waals surface area contributed by atoms with Gasteiger partial charge in [-0.25, -0.2) is 0 Å². The molecule has 0 aromatic heterocycles. The van der Waals surface area contributed by atoms with E-state index < -0.39 is 20.1 Å². The SMILES string of the molecule is CNC1CC2CCI(C1)N2C. The van der Waals surface area contributed by atoms with Crippen LogP contribution in [0.25, 0.3) is 0 Å². The van der Waals surface area contributed by atoms with Crippen molar-refractivity contribution in [1.82, 2.24) is 8.43 Å². The van der Waals surface area contributed by atoms with Gasteiger partial charge in [-0.05, 0) is 0 Å². The molecule has 2 fully saturated rings. The Labute approximate surface area is 76.5 Å². The van der Waals surface area contributed by atoms with Gasteiger partial charge >= 0.3 is 76.4 Å². The van der Waals surface area contributed by atoms with E-state index in [9.17, 15) is 0 Å². The van der Waals surface area contributed by atoms with Gasteiger partial charge in [-0.1, -0.05) is 0 Å². The number of hydrogen-bond acceptors (Lipinski definition) is 2. The van der Waals surface area contributed by atoms with E-state index in [1.54, 1.807) is 4.43 Å². The molecule has 0 spiro atoms. The van der Waals surface area contributed by atoms with Crippen LogP contribution in [0.15, 0.2) is 0 Å². The Bertz CT molecular complexity index is 137. The number of halogens is 1. The van der Waals surface area contributed by atoms with Crippen molar-refractivity contribution in [2.24, 2.45) is 0 Å². The van der Waals surface area contributed by atoms with Crippen molar-refractivity contribution in [3.05, 3.63) is 0 Å². The van der Waals surface area contributed by atoms with E-state index in [0.717, 1.165) is 12.1 Å². The number of fused-ring (bicyclic) bond motifs is 2. The van der Waals surface area contributed by atoms with Gasteiger partial charge < -0.3 is 0 Å². The third-order valence-corrected chi connectivity index (χ3v) is 9.76. The summed E-state index contributed by atoms with van der Waals surface area (Å²) < 4.78 is 5.84. The topological polar surface area (TPSA) is 15.3 Å². The molecule has 2 bridgehead atoms. The standard InChI is InChI=1S/C8H17IN2/c1-10-7-5-8-3-4-9(6-7)11(8)2/h7-8,10H,3-6H2,1-2H3. The summed E-state index contributed by atoms with van der Waals surface area (Å²) in [6.45, 7) is 0. The van der Waals surface area contributed by atoms with Crippen LogP contribution in [0.1, 0.15) is 12.8 Å². The third-order valence-electron chi connectivity index (χ3n) is 2.87. The van der Waals surface area contributed by atoms with E-state index in [2.05, 4.69) is 22.5 Å². The molecule has 1 N–H and O–H groups in total. The molecule has 0 aromatic rings. The first-order chi connectivity index (χ1) is 5.31. The average molecular weight is 268 g/mol. The second-order valence-electron chi connectivity index (χ2n) is 3.46. The fourth-order valence-electron chi connectivity index (χ4n) is 2.01. The molecule has 2 rings (SSSR count). The van der Waals surface area contributed by atoms with Crippen LogP contribution < -0.4 is 5.32 Å². The Morgan fingerprint density at radius 1 is 1.55 bits per heavy atom. The molecule has 2 aliphatic heterocycles. The summed E-state index contributed by atoms with van der Waals surface area (Å²) in [5.41, 5.74) is 0. The summed E-state index contributed by atoms with van der Waals surface area (Å²) in [5, 5.41) is 3.44. The predicted molar refractivity (Wildman–Crippen MR) is 57.4 cm³/mol. The molecule has 2 heterocycles. The molecule has 2 unspecified atom stereocenters. The van der Waals surface area contributed by atoms with E-state index in [1.165, 1.54) is 17.3 Å². The number of alkyl halides is 2. The Balaban J connectivity index is 2.02. The van der Waals surface area contributed by atoms with Crippen molar-refractivity contribution in [3.8, 4) is 0 Å². The maximum absolute atomic E-state index is 3.44. The molecule has 0 radical (unpaired) electrons. The fraction of sp³-hybridized carbons (Fsp3) is 1.00. The number of nitrogens with one attached hydrogen (secondary N) is 1. The molecule has 2 saturated heterocycles. The van der Waals surface area contributed by atoms with Crippen molar-refractivity contribution in [2.75, 3.05) is 23.0 Å². The molecular formula is C8H17IN2. The first-order valence-electron chi connectivity index (χ1n) is 4.33. The van der Waals surface area contributed by atoms with Gasteiger partial charge in [-0.2, -0.15) is 0 Å². The van der Waals surface area contributed by atoms with Crippen LogP contribution in [0.5, 0.6) is 0 Å². The summed E-state index contributed by atoms with van der Waals surface area (Å²) in [7, 11) is 4.47. The van der Waals surface area contributed by atoms with Gasteiger partial charge in [-0.15, -0.1) is 0 Å². The Morgan fingerprint density at radius 2 is 2.36 bits per heavy atom. The summed E-state index contributed by atoms with van der Waals surface area (Å²) in [6.07, 6.45) is 2.90. The zero-order valence-corrected chi connectivity index (χ0v) is 9.47. The minimum absolute atomic E-state index is 0.598. The quantitative estimate of drug-likeness (QED) is 0.435. The van der Waals surface area contributed by atoms with E-state index in [-0.39, 0.29) is 0 Å². The van der Waals surface area contributed by atoms with Crippen LogP contribution >= 0.6 is 20.1 Å². The van der Waals surface area contributed by atoms with Gasteiger partial charge in [0.2, 0.25) is 0 Å². The molecule has 0 saturated carbocycles. The number of nitrogens with zero attached hydrogens (tertiary/aromatic N) is 1. The number of hydrogen-bond donors (Lipinski definition) is 1. The van der Waals surface area contributed by atoms with Crippen LogP contribution in [-0.2, 0) is 0 Å². The van der Waals surface area contributed by atoms with E-state index >= 15 is 0 Å². The van der Waals surface area contributed by atoms with Crippen molar-refractivity contribution in [2.45, 2.75) is 24.9 Å². The van der Waals surface area contributed by atoms with Crippen LogP contribution in [0, 0.1) is 0 Å².